The molecule has 38 nitrogen and oxygen atoms in total. The molecular formula is C96H119N11O27S2. The minimum absolute atomic E-state index is 0.00274. The summed E-state index contributed by atoms with van der Waals surface area (Å²) in [6.45, 7) is 10.8. The number of carbonyl (C=O) groups is 17. The highest BCUT2D eigenvalue weighted by molar-refractivity contribution is 8.17. The van der Waals surface area contributed by atoms with Crippen LogP contribution in [0, 0.1) is 30.6 Å². The second kappa shape index (κ2) is 48.3. The number of carboxylic acids is 1. The summed E-state index contributed by atoms with van der Waals surface area (Å²) >= 11 is 2.20. The fourth-order valence-corrected chi connectivity index (χ4v) is 20.8. The number of rotatable bonds is 11. The van der Waals surface area contributed by atoms with E-state index in [1.54, 1.807) is 44.2 Å². The molecule has 5 fully saturated rings. The van der Waals surface area contributed by atoms with Crippen molar-refractivity contribution in [3.05, 3.63) is 125 Å². The summed E-state index contributed by atoms with van der Waals surface area (Å²) in [5, 5.41) is 43.5. The molecule has 14 rings (SSSR count). The van der Waals surface area contributed by atoms with Gasteiger partial charge in [0.05, 0.1) is 115 Å². The van der Waals surface area contributed by atoms with E-state index in [2.05, 4.69) is 34.4 Å². The Morgan fingerprint density at radius 3 is 1.56 bits per heavy atom. The summed E-state index contributed by atoms with van der Waals surface area (Å²) in [5.41, 5.74) is 14.8. The van der Waals surface area contributed by atoms with Crippen molar-refractivity contribution < 1.29 is 130 Å². The monoisotopic (exact) mass is 1920 g/mol. The van der Waals surface area contributed by atoms with Crippen LogP contribution >= 0.6 is 23.5 Å². The van der Waals surface area contributed by atoms with Crippen LogP contribution in [0.25, 0.3) is 0 Å². The predicted octanol–water partition coefficient (Wildman–Crippen LogP) is 7.48. The number of benzene rings is 4. The third kappa shape index (κ3) is 25.7. The molecule has 12 bridgehead atoms. The van der Waals surface area contributed by atoms with E-state index in [4.69, 9.17) is 44.6 Å². The van der Waals surface area contributed by atoms with Gasteiger partial charge >= 0.3 is 18.2 Å². The number of hydrogen-bond donors (Lipinski definition) is 9. The molecule has 11 N–H and O–H groups in total. The lowest BCUT2D eigenvalue weighted by molar-refractivity contribution is -0.153. The van der Waals surface area contributed by atoms with Crippen LogP contribution in [0.1, 0.15) is 186 Å². The maximum absolute atomic E-state index is 14.8. The lowest BCUT2D eigenvalue weighted by atomic mass is 9.76. The van der Waals surface area contributed by atoms with E-state index in [1.807, 2.05) is 0 Å². The van der Waals surface area contributed by atoms with Crippen molar-refractivity contribution in [2.45, 2.75) is 221 Å². The summed E-state index contributed by atoms with van der Waals surface area (Å²) in [7, 11) is 1.38. The normalized spacial score (nSPS) is 26.4. The number of nitrogens with one attached hydrogen (secondary N) is 4. The predicted molar refractivity (Wildman–Crippen MR) is 496 cm³/mol. The number of unbranched alkanes of at least 4 members (excludes halogenated alkanes) is 2. The highest BCUT2D eigenvalue weighted by Crippen LogP contribution is 2.46. The molecule has 9 aliphatic heterocycles. The SMILES string of the molecule is C=C1CC2C(O)N3C(=O)OCc4ccc(cc4)NC(=O)C(CC(=O)O)CC(=O)C(CCCCN)NC(=O)CCOCCCC(=O)C4C(C(=O)CCCOCCC(=O)NC(CCCCN)C(=O)CC(C)C(=O)Nc5ccc(cc5)COC(=O)N5c6cc(c(OC)cc6C(=O)N6CC(=C)CC6C5O)OCCCCCOc5cc3c(cc5C)C(=O)N2C1)C1C(=O)CC(SCSC2CC(=O)N4C2=O)C1=O. The molecule has 0 radical (unpaired) electrons. The molecule has 732 valence electrons. The second-order valence-corrected chi connectivity index (χ2v) is 38.1. The average Bonchev–Trinajstić information content (AvgIpc) is 1.61. The molecule has 13 unspecified atom stereocenters. The summed E-state index contributed by atoms with van der Waals surface area (Å²) < 4.78 is 41.7. The number of thioether (sulfide) groups is 2. The maximum Gasteiger partial charge on any atom is 0.416 e. The van der Waals surface area contributed by atoms with Gasteiger partial charge in [-0.25, -0.2) is 19.4 Å². The van der Waals surface area contributed by atoms with Gasteiger partial charge in [0.15, 0.2) is 47.1 Å². The van der Waals surface area contributed by atoms with Crippen molar-refractivity contribution >= 4 is 146 Å². The maximum atomic E-state index is 14.8. The van der Waals surface area contributed by atoms with Crippen LogP contribution in [-0.4, -0.2) is 261 Å². The Morgan fingerprint density at radius 1 is 0.529 bits per heavy atom. The number of nitrogens with zero attached hydrogens (tertiary/aromatic N) is 5. The van der Waals surface area contributed by atoms with Gasteiger partial charge in [0.2, 0.25) is 35.4 Å². The molecular weight excluding hydrogens is 1800 g/mol. The van der Waals surface area contributed by atoms with E-state index in [1.165, 1.54) is 59.4 Å². The number of imide groups is 1. The Hall–Kier alpha value is -11.8. The van der Waals surface area contributed by atoms with Gasteiger partial charge in [-0.1, -0.05) is 55.5 Å². The zero-order valence-electron chi connectivity index (χ0n) is 76.4. The van der Waals surface area contributed by atoms with Crippen LogP contribution in [-0.2, 0) is 94.5 Å². The molecule has 9 heterocycles. The molecule has 0 aromatic heterocycles. The first kappa shape index (κ1) is 103. The fraction of sp³-hybridized carbons (Fsp3) is 0.531. The molecule has 10 amide bonds. The van der Waals surface area contributed by atoms with Gasteiger partial charge in [-0.05, 0) is 157 Å². The van der Waals surface area contributed by atoms with Crippen LogP contribution in [0.3, 0.4) is 0 Å². The number of ketones is 6. The molecule has 4 aromatic carbocycles. The zero-order valence-corrected chi connectivity index (χ0v) is 78.1. The lowest BCUT2D eigenvalue weighted by Crippen LogP contribution is -2.55. The standard InChI is InChI=1S/C96H119N11O27S2/c1-53-37-68-92(123)105-66-44-75(55(3)39-62(66)90(121)103(68)48-53)131-33-11-6-12-34-132-77-45-67-63(43-76(77)128-5)91(122)104-49-54(2)38-69(104)93(124)106(67)96(127)134-50-57-19-23-60(24-20-57)99-88(119)56(4)40-72(110)64(15-7-9-29-97)101-80(113)27-35-129-31-13-17-70(108)84-85-74(112)46-78(87(85)118)135-52-136-79-47-82(115)107(94(79)125)86(84)71(109)18-14-32-130-36-28-81(114)102-65(16-8-10-30-98)73(111)41-59(42-83(116)117)89(120)100-61-25-21-58(22-26-61)51-133-95(105)126/h19-26,39,43-45,56,59,64-65,68-69,78-79,84-86,92-93,123-124H,1-2,6-18,27-38,40-42,46-52,97-98H2,3-5H3,(H,99,119)(H,100,120)(H,101,113)(H,102,114)(H,116,117). The van der Waals surface area contributed by atoms with E-state index in [-0.39, 0.29) is 187 Å². The number of Topliss-reactive ketones (excluding diaryl/α,β-unsaturated/α-hetero) is 6. The minimum atomic E-state index is -1.87. The molecule has 10 aliphatic rings. The quantitative estimate of drug-likeness (QED) is 0.0304. The van der Waals surface area contributed by atoms with E-state index in [9.17, 15) is 96.8 Å². The van der Waals surface area contributed by atoms with Crippen molar-refractivity contribution in [3.63, 3.8) is 0 Å². The zero-order chi connectivity index (χ0) is 97.7. The second-order valence-electron chi connectivity index (χ2n) is 35.3. The number of amides is 10. The average molecular weight is 1920 g/mol. The molecule has 4 saturated heterocycles. The molecule has 136 heavy (non-hydrogen) atoms. The van der Waals surface area contributed by atoms with Gasteiger partial charge in [-0.15, -0.1) is 23.5 Å². The molecule has 1 aliphatic carbocycles. The molecule has 40 heteroatoms. The van der Waals surface area contributed by atoms with E-state index >= 15 is 0 Å². The van der Waals surface area contributed by atoms with Crippen molar-refractivity contribution in [3.8, 4) is 17.2 Å². The third-order valence-corrected chi connectivity index (χ3v) is 28.0. The summed E-state index contributed by atoms with van der Waals surface area (Å²) in [4.78, 5) is 245. The van der Waals surface area contributed by atoms with Crippen molar-refractivity contribution in [2.75, 3.05) is 98.4 Å². The summed E-state index contributed by atoms with van der Waals surface area (Å²) in [5.74, 6) is -15.7. The number of fused-ring (bicyclic) bond motifs is 8. The fourth-order valence-electron chi connectivity index (χ4n) is 18.1. The number of aliphatic carboxylic acids is 1. The Kier molecular flexibility index (Phi) is 36.6. The summed E-state index contributed by atoms with van der Waals surface area (Å²) in [6, 6.07) is 12.2. The number of nitrogens with two attached hydrogens (primary N) is 2. The van der Waals surface area contributed by atoms with Crippen LogP contribution in [0.5, 0.6) is 17.2 Å². The highest BCUT2D eigenvalue weighted by atomic mass is 32.2. The smallest absolute Gasteiger partial charge is 0.416 e. The first-order valence-electron chi connectivity index (χ1n) is 46.0. The van der Waals surface area contributed by atoms with Crippen molar-refractivity contribution in [2.24, 2.45) is 35.1 Å². The number of aliphatic hydroxyl groups excluding tert-OH is 2. The lowest BCUT2D eigenvalue weighted by Gasteiger charge is -2.34. The Bertz CT molecular complexity index is 5210. The van der Waals surface area contributed by atoms with E-state index < -0.39 is 209 Å². The third-order valence-electron chi connectivity index (χ3n) is 25.4. The largest absolute Gasteiger partial charge is 0.493 e. The first-order chi connectivity index (χ1) is 65.2. The molecule has 1 saturated carbocycles. The number of aliphatic hydroxyl groups is 2. The van der Waals surface area contributed by atoms with Crippen LogP contribution in [0.4, 0.5) is 32.3 Å². The van der Waals surface area contributed by atoms with Gasteiger partial charge in [0.1, 0.15) is 36.6 Å². The summed E-state index contributed by atoms with van der Waals surface area (Å²) in [6.07, 6.45) is -5.42. The van der Waals surface area contributed by atoms with Gasteiger partial charge < -0.3 is 91.0 Å². The number of anilines is 4. The number of carbonyl (C=O) groups excluding carboxylic acids is 16. The molecule has 4 aromatic rings. The highest BCUT2D eigenvalue weighted by Gasteiger charge is 2.58. The van der Waals surface area contributed by atoms with E-state index in [0.717, 1.165) is 38.2 Å². The van der Waals surface area contributed by atoms with Crippen molar-refractivity contribution in [1.29, 1.82) is 0 Å². The van der Waals surface area contributed by atoms with E-state index in [0.29, 0.717) is 85.0 Å². The number of carboxylic acid groups (broad SMARTS) is 1. The first-order valence-corrected chi connectivity index (χ1v) is 48.1. The number of methoxy groups -OCH3 is 1. The van der Waals surface area contributed by atoms with Crippen molar-refractivity contribution in [1.82, 2.24) is 25.3 Å². The van der Waals surface area contributed by atoms with Gasteiger partial charge in [0.25, 0.3) is 11.8 Å². The molecule has 13 atom stereocenters. The Labute approximate surface area is 794 Å². The number of hydrogen-bond acceptors (Lipinski definition) is 30. The number of ether oxygens (including phenoxy) is 7. The Morgan fingerprint density at radius 2 is 1.03 bits per heavy atom. The molecule has 0 spiro atoms. The van der Waals surface area contributed by atoms with Crippen LogP contribution in [0.15, 0.2) is 97.1 Å². The van der Waals surface area contributed by atoms with Gasteiger partial charge in [-0.3, -0.25) is 76.8 Å². The Balaban J connectivity index is 0.754. The minimum Gasteiger partial charge on any atom is -0.493 e. The van der Waals surface area contributed by atoms with Gasteiger partial charge in [-0.2, -0.15) is 0 Å². The van der Waals surface area contributed by atoms with Crippen LogP contribution < -0.4 is 56.7 Å². The topological polar surface area (TPSA) is 532 Å². The van der Waals surface area contributed by atoms with Gasteiger partial charge in [0, 0.05) is 112 Å². The number of aryl methyl sites for hydroxylation is 1. The van der Waals surface area contributed by atoms with Crippen LogP contribution in [0.2, 0.25) is 0 Å².